The van der Waals surface area contributed by atoms with Gasteiger partial charge in [-0.2, -0.15) is 10.0 Å². The average molecular weight is 362 g/mol. The summed E-state index contributed by atoms with van der Waals surface area (Å²) in [6.45, 7) is 2.25. The molecular weight excluding hydrogens is 340 g/mol. The molecule has 27 heavy (non-hydrogen) atoms. The highest BCUT2D eigenvalue weighted by atomic mass is 16.3. The van der Waals surface area contributed by atoms with E-state index in [9.17, 15) is 4.91 Å². The summed E-state index contributed by atoms with van der Waals surface area (Å²) in [4.78, 5) is 16.7. The van der Waals surface area contributed by atoms with E-state index in [2.05, 4.69) is 56.0 Å². The molecule has 7 heteroatoms. The SMILES string of the molecule is CN1CCC(C2Nc3ccccc3-c3c(CN=O)nnc4[nH]cc2c34)CC1. The Kier molecular flexibility index (Phi) is 3.89. The van der Waals surface area contributed by atoms with Crippen LogP contribution in [0.5, 0.6) is 0 Å². The number of rotatable bonds is 3. The lowest BCUT2D eigenvalue weighted by Crippen LogP contribution is -2.34. The van der Waals surface area contributed by atoms with Gasteiger partial charge in [0.05, 0.1) is 11.7 Å². The molecule has 0 spiro atoms. The molecule has 1 fully saturated rings. The summed E-state index contributed by atoms with van der Waals surface area (Å²) in [6, 6.07) is 8.46. The number of nitrogens with one attached hydrogen (secondary N) is 2. The maximum absolute atomic E-state index is 11.0. The van der Waals surface area contributed by atoms with Crippen molar-refractivity contribution in [1.82, 2.24) is 20.1 Å². The van der Waals surface area contributed by atoms with Crippen LogP contribution in [0.3, 0.4) is 0 Å². The Morgan fingerprint density at radius 3 is 2.85 bits per heavy atom. The van der Waals surface area contributed by atoms with Gasteiger partial charge in [0, 0.05) is 34.0 Å². The van der Waals surface area contributed by atoms with E-state index in [4.69, 9.17) is 0 Å². The van der Waals surface area contributed by atoms with Gasteiger partial charge in [-0.05, 0) is 45.0 Å². The van der Waals surface area contributed by atoms with Crippen molar-refractivity contribution in [3.8, 4) is 11.1 Å². The summed E-state index contributed by atoms with van der Waals surface area (Å²) in [5.41, 5.74) is 5.75. The molecule has 7 nitrogen and oxygen atoms in total. The van der Waals surface area contributed by atoms with Crippen LogP contribution in [0.25, 0.3) is 22.2 Å². The highest BCUT2D eigenvalue weighted by Crippen LogP contribution is 2.46. The smallest absolute Gasteiger partial charge is 0.160 e. The maximum Gasteiger partial charge on any atom is 0.160 e. The molecule has 0 bridgehead atoms. The van der Waals surface area contributed by atoms with E-state index in [0.29, 0.717) is 11.6 Å². The Morgan fingerprint density at radius 1 is 1.22 bits per heavy atom. The molecule has 2 aliphatic heterocycles. The van der Waals surface area contributed by atoms with Gasteiger partial charge in [-0.1, -0.05) is 23.4 Å². The quantitative estimate of drug-likeness (QED) is 0.694. The number of likely N-dealkylation sites (tertiary alicyclic amines) is 1. The molecule has 2 aliphatic rings. The van der Waals surface area contributed by atoms with E-state index < -0.39 is 0 Å². The third kappa shape index (κ3) is 2.61. The lowest BCUT2D eigenvalue weighted by molar-refractivity contribution is 0.205. The number of piperidine rings is 1. The molecule has 5 rings (SSSR count). The van der Waals surface area contributed by atoms with Gasteiger partial charge < -0.3 is 15.2 Å². The van der Waals surface area contributed by atoms with Crippen molar-refractivity contribution in [3.63, 3.8) is 0 Å². The Bertz CT molecular complexity index is 1000. The van der Waals surface area contributed by atoms with E-state index in [1.165, 1.54) is 5.56 Å². The van der Waals surface area contributed by atoms with Gasteiger partial charge in [0.15, 0.2) is 5.65 Å². The van der Waals surface area contributed by atoms with Gasteiger partial charge in [-0.3, -0.25) is 0 Å². The largest absolute Gasteiger partial charge is 0.377 e. The van der Waals surface area contributed by atoms with Gasteiger partial charge in [0.2, 0.25) is 0 Å². The fourth-order valence-electron chi connectivity index (χ4n) is 4.59. The molecule has 1 aromatic carbocycles. The molecule has 1 unspecified atom stereocenters. The van der Waals surface area contributed by atoms with Crippen LogP contribution in [0, 0.1) is 10.8 Å². The monoisotopic (exact) mass is 362 g/mol. The van der Waals surface area contributed by atoms with E-state index in [1.54, 1.807) is 0 Å². The summed E-state index contributed by atoms with van der Waals surface area (Å²) in [6.07, 6.45) is 4.36. The molecule has 3 aromatic rings. The number of H-pyrrole nitrogens is 1. The van der Waals surface area contributed by atoms with Gasteiger partial charge in [0.25, 0.3) is 0 Å². The van der Waals surface area contributed by atoms with Crippen molar-refractivity contribution in [2.24, 2.45) is 11.1 Å². The molecular formula is C20H22N6O. The zero-order valence-electron chi connectivity index (χ0n) is 15.3. The topological polar surface area (TPSA) is 86.3 Å². The predicted octanol–water partition coefficient (Wildman–Crippen LogP) is 3.70. The third-order valence-corrected chi connectivity index (χ3v) is 5.99. The Balaban J connectivity index is 1.74. The predicted molar refractivity (Wildman–Crippen MR) is 105 cm³/mol. The molecule has 2 N–H and O–H groups in total. The lowest BCUT2D eigenvalue weighted by Gasteiger charge is -2.35. The van der Waals surface area contributed by atoms with Crippen LogP contribution < -0.4 is 5.32 Å². The number of fused-ring (bicyclic) bond motifs is 2. The second kappa shape index (κ2) is 6.42. The third-order valence-electron chi connectivity index (χ3n) is 5.99. The standard InChI is InChI=1S/C20H22N6O/c1-26-8-6-12(7-9-26)19-14-10-21-20-18(14)17(16(11-22-27)24-25-20)13-4-2-3-5-15(13)23-19/h2-5,10,12,19,23H,6-9,11H2,1H3,(H,21,25). The number of aromatic nitrogens is 3. The van der Waals surface area contributed by atoms with Crippen LogP contribution in [0.4, 0.5) is 5.69 Å². The molecule has 2 aromatic heterocycles. The number of hydrogen-bond donors (Lipinski definition) is 2. The fourth-order valence-corrected chi connectivity index (χ4v) is 4.59. The summed E-state index contributed by atoms with van der Waals surface area (Å²) in [7, 11) is 2.18. The van der Waals surface area contributed by atoms with Crippen LogP contribution in [0.2, 0.25) is 0 Å². The first-order chi connectivity index (χ1) is 13.3. The number of aromatic amines is 1. The normalized spacial score (nSPS) is 20.1. The number of nitrogens with zero attached hydrogens (tertiary/aromatic N) is 4. The first kappa shape index (κ1) is 16.4. The molecule has 4 heterocycles. The van der Waals surface area contributed by atoms with Crippen LogP contribution in [0.15, 0.2) is 35.6 Å². The first-order valence-electron chi connectivity index (χ1n) is 9.46. The zero-order valence-corrected chi connectivity index (χ0v) is 15.3. The van der Waals surface area contributed by atoms with Crippen molar-refractivity contribution < 1.29 is 0 Å². The molecule has 0 radical (unpaired) electrons. The Labute approximate surface area is 157 Å². The van der Waals surface area contributed by atoms with Crippen LogP contribution >= 0.6 is 0 Å². The van der Waals surface area contributed by atoms with E-state index in [0.717, 1.165) is 53.8 Å². The van der Waals surface area contributed by atoms with Gasteiger partial charge >= 0.3 is 0 Å². The van der Waals surface area contributed by atoms with Crippen molar-refractivity contribution in [2.45, 2.75) is 25.4 Å². The summed E-state index contributed by atoms with van der Waals surface area (Å²) >= 11 is 0. The summed E-state index contributed by atoms with van der Waals surface area (Å²) in [5, 5.41) is 16.6. The van der Waals surface area contributed by atoms with Gasteiger partial charge in [0.1, 0.15) is 6.54 Å². The second-order valence-electron chi connectivity index (χ2n) is 7.58. The van der Waals surface area contributed by atoms with Crippen molar-refractivity contribution in [3.05, 3.63) is 46.6 Å². The van der Waals surface area contributed by atoms with E-state index in [-0.39, 0.29) is 12.6 Å². The number of anilines is 1. The van der Waals surface area contributed by atoms with Gasteiger partial charge in [-0.25, -0.2) is 0 Å². The van der Waals surface area contributed by atoms with E-state index in [1.807, 2.05) is 12.1 Å². The number of benzene rings is 1. The Hall–Kier alpha value is -2.80. The molecule has 1 saturated heterocycles. The van der Waals surface area contributed by atoms with Crippen LogP contribution in [0.1, 0.15) is 30.1 Å². The summed E-state index contributed by atoms with van der Waals surface area (Å²) in [5.74, 6) is 0.542. The van der Waals surface area contributed by atoms with Crippen molar-refractivity contribution >= 4 is 16.7 Å². The zero-order chi connectivity index (χ0) is 18.4. The molecule has 0 aliphatic carbocycles. The van der Waals surface area contributed by atoms with Gasteiger partial charge in [-0.15, -0.1) is 5.10 Å². The highest BCUT2D eigenvalue weighted by Gasteiger charge is 2.33. The molecule has 0 saturated carbocycles. The van der Waals surface area contributed by atoms with Crippen molar-refractivity contribution in [1.29, 1.82) is 0 Å². The number of hydrogen-bond acceptors (Lipinski definition) is 6. The fraction of sp³-hybridized carbons (Fsp3) is 0.400. The van der Waals surface area contributed by atoms with Crippen LogP contribution in [-0.4, -0.2) is 40.2 Å². The van der Waals surface area contributed by atoms with Crippen LogP contribution in [-0.2, 0) is 6.54 Å². The number of nitroso groups, excluding NO2 is 1. The second-order valence-corrected chi connectivity index (χ2v) is 7.58. The minimum absolute atomic E-state index is 0.0239. The van der Waals surface area contributed by atoms with Crippen molar-refractivity contribution in [2.75, 3.05) is 25.5 Å². The first-order valence-corrected chi connectivity index (χ1v) is 9.46. The summed E-state index contributed by atoms with van der Waals surface area (Å²) < 4.78 is 0. The minimum atomic E-state index is 0.0239. The lowest BCUT2D eigenvalue weighted by atomic mass is 9.85. The minimum Gasteiger partial charge on any atom is -0.377 e. The molecule has 0 amide bonds. The molecule has 138 valence electrons. The highest BCUT2D eigenvalue weighted by molar-refractivity contribution is 6.01. The Morgan fingerprint density at radius 2 is 2.04 bits per heavy atom. The van der Waals surface area contributed by atoms with E-state index >= 15 is 0 Å². The number of para-hydroxylation sites is 1. The molecule has 1 atom stereocenters. The average Bonchev–Trinajstić information content (AvgIpc) is 3.05. The maximum atomic E-state index is 11.0.